The van der Waals surface area contributed by atoms with E-state index in [0.717, 1.165) is 10.0 Å². The van der Waals surface area contributed by atoms with Gasteiger partial charge in [-0.15, -0.1) is 0 Å². The highest BCUT2D eigenvalue weighted by molar-refractivity contribution is 9.10. The molecule has 104 valence electrons. The van der Waals surface area contributed by atoms with Gasteiger partial charge in [0.1, 0.15) is 0 Å². The molecule has 0 radical (unpaired) electrons. The van der Waals surface area contributed by atoms with Gasteiger partial charge in [-0.3, -0.25) is 4.79 Å². The van der Waals surface area contributed by atoms with Gasteiger partial charge in [-0.1, -0.05) is 51.8 Å². The molecule has 1 unspecified atom stereocenters. The molecule has 0 aliphatic rings. The van der Waals surface area contributed by atoms with Crippen LogP contribution in [0.1, 0.15) is 28.9 Å². The van der Waals surface area contributed by atoms with Crippen molar-refractivity contribution in [3.05, 3.63) is 63.1 Å². The fourth-order valence-corrected chi connectivity index (χ4v) is 2.74. The van der Waals surface area contributed by atoms with Crippen LogP contribution in [-0.2, 0) is 0 Å². The number of nitrogen functional groups attached to an aromatic ring is 1. The molecule has 0 aliphatic heterocycles. The molecule has 0 bridgehead atoms. The van der Waals surface area contributed by atoms with E-state index in [2.05, 4.69) is 21.2 Å². The fourth-order valence-electron chi connectivity index (χ4n) is 1.90. The second-order valence-electron chi connectivity index (χ2n) is 4.43. The van der Waals surface area contributed by atoms with E-state index in [1.807, 2.05) is 31.2 Å². The average molecular weight is 354 g/mol. The summed E-state index contributed by atoms with van der Waals surface area (Å²) in [5.41, 5.74) is 7.48. The van der Waals surface area contributed by atoms with Gasteiger partial charge in [0, 0.05) is 4.47 Å². The summed E-state index contributed by atoms with van der Waals surface area (Å²) in [5, 5.41) is 3.19. The summed E-state index contributed by atoms with van der Waals surface area (Å²) in [4.78, 5) is 12.2. The Labute approximate surface area is 131 Å². The Morgan fingerprint density at radius 2 is 1.95 bits per heavy atom. The van der Waals surface area contributed by atoms with Gasteiger partial charge >= 0.3 is 0 Å². The highest BCUT2D eigenvalue weighted by Crippen LogP contribution is 2.26. The van der Waals surface area contributed by atoms with Crippen molar-refractivity contribution in [1.82, 2.24) is 5.32 Å². The van der Waals surface area contributed by atoms with Gasteiger partial charge in [0.2, 0.25) is 0 Å². The zero-order chi connectivity index (χ0) is 14.7. The van der Waals surface area contributed by atoms with E-state index >= 15 is 0 Å². The Kier molecular flexibility index (Phi) is 4.68. The molecule has 3 nitrogen and oxygen atoms in total. The molecule has 20 heavy (non-hydrogen) atoms. The lowest BCUT2D eigenvalue weighted by Gasteiger charge is -2.16. The van der Waals surface area contributed by atoms with E-state index < -0.39 is 0 Å². The van der Waals surface area contributed by atoms with E-state index in [4.69, 9.17) is 17.3 Å². The van der Waals surface area contributed by atoms with Crippen molar-refractivity contribution in [3.8, 4) is 0 Å². The maximum absolute atomic E-state index is 12.2. The van der Waals surface area contributed by atoms with Crippen LogP contribution in [0.25, 0.3) is 0 Å². The lowest BCUT2D eigenvalue weighted by molar-refractivity contribution is 0.0940. The highest BCUT2D eigenvalue weighted by Gasteiger charge is 2.16. The van der Waals surface area contributed by atoms with E-state index in [1.165, 1.54) is 0 Å². The van der Waals surface area contributed by atoms with Crippen molar-refractivity contribution >= 4 is 39.1 Å². The van der Waals surface area contributed by atoms with Crippen molar-refractivity contribution in [2.24, 2.45) is 0 Å². The first kappa shape index (κ1) is 14.9. The molecule has 0 fully saturated rings. The summed E-state index contributed by atoms with van der Waals surface area (Å²) in [7, 11) is 0. The first-order valence-electron chi connectivity index (χ1n) is 6.10. The van der Waals surface area contributed by atoms with Gasteiger partial charge in [-0.25, -0.2) is 0 Å². The molecule has 1 atom stereocenters. The summed E-state index contributed by atoms with van der Waals surface area (Å²) < 4.78 is 0.950. The van der Waals surface area contributed by atoms with Crippen LogP contribution in [-0.4, -0.2) is 5.91 Å². The normalized spacial score (nSPS) is 11.9. The predicted molar refractivity (Wildman–Crippen MR) is 85.9 cm³/mol. The molecule has 2 aromatic rings. The number of anilines is 1. The van der Waals surface area contributed by atoms with Crippen LogP contribution < -0.4 is 11.1 Å². The van der Waals surface area contributed by atoms with Gasteiger partial charge in [0.15, 0.2) is 0 Å². The van der Waals surface area contributed by atoms with Crippen LogP contribution in [0.15, 0.2) is 46.9 Å². The molecule has 0 aromatic heterocycles. The largest absolute Gasteiger partial charge is 0.398 e. The maximum atomic E-state index is 12.2. The molecule has 0 saturated heterocycles. The summed E-state index contributed by atoms with van der Waals surface area (Å²) in [6.45, 7) is 1.91. The maximum Gasteiger partial charge on any atom is 0.253 e. The zero-order valence-corrected chi connectivity index (χ0v) is 13.2. The number of carbonyl (C=O) groups is 1. The molecular weight excluding hydrogens is 340 g/mol. The van der Waals surface area contributed by atoms with Crippen molar-refractivity contribution in [2.75, 3.05) is 5.73 Å². The third-order valence-corrected chi connectivity index (χ3v) is 4.14. The zero-order valence-electron chi connectivity index (χ0n) is 10.9. The number of carbonyl (C=O) groups excluding carboxylic acids is 1. The summed E-state index contributed by atoms with van der Waals surface area (Å²) >= 11 is 9.53. The molecule has 2 aromatic carbocycles. The topological polar surface area (TPSA) is 55.1 Å². The molecular formula is C15H14BrClN2O. The van der Waals surface area contributed by atoms with Crippen molar-refractivity contribution in [3.63, 3.8) is 0 Å². The van der Waals surface area contributed by atoms with Gasteiger partial charge in [0.25, 0.3) is 5.91 Å². The first-order chi connectivity index (χ1) is 9.50. The van der Waals surface area contributed by atoms with Crippen LogP contribution in [0.5, 0.6) is 0 Å². The number of nitrogens with one attached hydrogen (secondary N) is 1. The van der Waals surface area contributed by atoms with E-state index in [0.29, 0.717) is 11.3 Å². The Morgan fingerprint density at radius 3 is 2.65 bits per heavy atom. The van der Waals surface area contributed by atoms with E-state index in [-0.39, 0.29) is 17.0 Å². The highest BCUT2D eigenvalue weighted by atomic mass is 79.9. The monoisotopic (exact) mass is 352 g/mol. The Morgan fingerprint density at radius 1 is 1.25 bits per heavy atom. The Bertz CT molecular complexity index is 646. The van der Waals surface area contributed by atoms with Gasteiger partial charge in [-0.05, 0) is 30.7 Å². The van der Waals surface area contributed by atoms with Gasteiger partial charge in [0.05, 0.1) is 22.3 Å². The Balaban J connectivity index is 2.20. The number of nitrogens with two attached hydrogens (primary N) is 1. The van der Waals surface area contributed by atoms with Gasteiger partial charge in [-0.2, -0.15) is 0 Å². The minimum absolute atomic E-state index is 0.143. The minimum Gasteiger partial charge on any atom is -0.398 e. The predicted octanol–water partition coefficient (Wildman–Crippen LogP) is 4.18. The third kappa shape index (κ3) is 3.14. The smallest absolute Gasteiger partial charge is 0.253 e. The number of halogens is 2. The number of benzene rings is 2. The number of rotatable bonds is 3. The lowest BCUT2D eigenvalue weighted by Crippen LogP contribution is -2.27. The van der Waals surface area contributed by atoms with Crippen molar-refractivity contribution in [2.45, 2.75) is 13.0 Å². The molecule has 2 rings (SSSR count). The molecule has 5 heteroatoms. The van der Waals surface area contributed by atoms with Crippen molar-refractivity contribution < 1.29 is 4.79 Å². The number of hydrogen-bond acceptors (Lipinski definition) is 2. The van der Waals surface area contributed by atoms with E-state index in [1.54, 1.807) is 18.2 Å². The molecule has 0 aliphatic carbocycles. The van der Waals surface area contributed by atoms with Crippen LogP contribution in [0.2, 0.25) is 5.02 Å². The first-order valence-corrected chi connectivity index (χ1v) is 7.27. The second kappa shape index (κ2) is 6.29. The average Bonchev–Trinajstić information content (AvgIpc) is 2.42. The standard InChI is InChI=1S/C15H14BrClN2O/c1-9(10-5-2-3-7-12(10)16)19-15(20)11-6-4-8-13(18)14(11)17/h2-9H,18H2,1H3,(H,19,20). The third-order valence-electron chi connectivity index (χ3n) is 2.99. The Hall–Kier alpha value is -1.52. The van der Waals surface area contributed by atoms with E-state index in [9.17, 15) is 4.79 Å². The fraction of sp³-hybridized carbons (Fsp3) is 0.133. The number of hydrogen-bond donors (Lipinski definition) is 2. The second-order valence-corrected chi connectivity index (χ2v) is 5.66. The molecule has 1 amide bonds. The van der Waals surface area contributed by atoms with Crippen LogP contribution in [0, 0.1) is 0 Å². The molecule has 3 N–H and O–H groups in total. The minimum atomic E-state index is -0.245. The summed E-state index contributed by atoms with van der Waals surface area (Å²) in [5.74, 6) is -0.245. The summed E-state index contributed by atoms with van der Waals surface area (Å²) in [6, 6.07) is 12.6. The van der Waals surface area contributed by atoms with Crippen LogP contribution in [0.4, 0.5) is 5.69 Å². The summed E-state index contributed by atoms with van der Waals surface area (Å²) in [6.07, 6.45) is 0. The van der Waals surface area contributed by atoms with Crippen LogP contribution in [0.3, 0.4) is 0 Å². The number of amides is 1. The van der Waals surface area contributed by atoms with Crippen LogP contribution >= 0.6 is 27.5 Å². The lowest BCUT2D eigenvalue weighted by atomic mass is 10.1. The quantitative estimate of drug-likeness (QED) is 0.813. The SMILES string of the molecule is CC(NC(=O)c1cccc(N)c1Cl)c1ccccc1Br. The molecule has 0 heterocycles. The molecule has 0 spiro atoms. The molecule has 0 saturated carbocycles. The van der Waals surface area contributed by atoms with Gasteiger partial charge < -0.3 is 11.1 Å². The van der Waals surface area contributed by atoms with Crippen molar-refractivity contribution in [1.29, 1.82) is 0 Å².